The van der Waals surface area contributed by atoms with Crippen LogP contribution in [-0.4, -0.2) is 11.7 Å². The molecule has 2 rings (SSSR count). The van der Waals surface area contributed by atoms with Crippen LogP contribution < -0.4 is 5.32 Å². The van der Waals surface area contributed by atoms with E-state index in [-0.39, 0.29) is 11.6 Å². The molecule has 0 aliphatic heterocycles. The number of aliphatic hydroxyl groups is 1. The Morgan fingerprint density at radius 2 is 1.79 bits per heavy atom. The minimum Gasteiger partial charge on any atom is -0.387 e. The molecular formula is C14H12Cl2FNO. The van der Waals surface area contributed by atoms with Crippen molar-refractivity contribution in [3.05, 3.63) is 63.9 Å². The molecule has 0 amide bonds. The Bertz CT molecular complexity index is 560. The summed E-state index contributed by atoms with van der Waals surface area (Å²) < 4.78 is 13.2. The van der Waals surface area contributed by atoms with Gasteiger partial charge >= 0.3 is 0 Å². The molecule has 5 heteroatoms. The van der Waals surface area contributed by atoms with E-state index in [2.05, 4.69) is 5.32 Å². The molecule has 2 nitrogen and oxygen atoms in total. The lowest BCUT2D eigenvalue weighted by Crippen LogP contribution is -2.12. The summed E-state index contributed by atoms with van der Waals surface area (Å²) in [5.41, 5.74) is 1.31. The van der Waals surface area contributed by atoms with Crippen LogP contribution in [0.2, 0.25) is 10.0 Å². The summed E-state index contributed by atoms with van der Waals surface area (Å²) in [7, 11) is 0. The Labute approximate surface area is 120 Å². The van der Waals surface area contributed by atoms with E-state index in [1.54, 1.807) is 30.3 Å². The second-order valence-corrected chi connectivity index (χ2v) is 4.92. The van der Waals surface area contributed by atoms with Crippen molar-refractivity contribution in [2.75, 3.05) is 11.9 Å². The van der Waals surface area contributed by atoms with E-state index in [1.165, 1.54) is 12.1 Å². The maximum absolute atomic E-state index is 13.2. The van der Waals surface area contributed by atoms with Crippen LogP contribution in [0.4, 0.5) is 10.1 Å². The monoisotopic (exact) mass is 299 g/mol. The SMILES string of the molecule is OC(CNc1ccc(Cl)c(F)c1)c1ccc(Cl)cc1. The molecule has 0 saturated heterocycles. The van der Waals surface area contributed by atoms with Crippen molar-refractivity contribution in [1.29, 1.82) is 0 Å². The molecule has 2 aromatic carbocycles. The van der Waals surface area contributed by atoms with Crippen LogP contribution in [0.5, 0.6) is 0 Å². The molecule has 0 heterocycles. The summed E-state index contributed by atoms with van der Waals surface area (Å²) in [4.78, 5) is 0. The first-order valence-corrected chi connectivity index (χ1v) is 6.44. The van der Waals surface area contributed by atoms with Crippen molar-refractivity contribution in [3.63, 3.8) is 0 Å². The second kappa shape index (κ2) is 6.24. The zero-order chi connectivity index (χ0) is 13.8. The normalized spacial score (nSPS) is 12.2. The van der Waals surface area contributed by atoms with Crippen molar-refractivity contribution in [2.24, 2.45) is 0 Å². The Morgan fingerprint density at radius 1 is 1.11 bits per heavy atom. The fourth-order valence-corrected chi connectivity index (χ4v) is 1.87. The van der Waals surface area contributed by atoms with Crippen LogP contribution in [0.25, 0.3) is 0 Å². The van der Waals surface area contributed by atoms with Gasteiger partial charge in [0.05, 0.1) is 11.1 Å². The molecule has 0 spiro atoms. The maximum Gasteiger partial charge on any atom is 0.143 e. The average Bonchev–Trinajstić information content (AvgIpc) is 2.40. The zero-order valence-corrected chi connectivity index (χ0v) is 11.4. The Hall–Kier alpha value is -1.29. The maximum atomic E-state index is 13.2. The molecule has 2 N–H and O–H groups in total. The first-order valence-electron chi connectivity index (χ1n) is 5.69. The van der Waals surface area contributed by atoms with Crippen LogP contribution in [0.15, 0.2) is 42.5 Å². The van der Waals surface area contributed by atoms with Gasteiger partial charge in [-0.15, -0.1) is 0 Å². The number of aliphatic hydroxyl groups excluding tert-OH is 1. The van der Waals surface area contributed by atoms with Gasteiger partial charge in [-0.05, 0) is 35.9 Å². The smallest absolute Gasteiger partial charge is 0.143 e. The van der Waals surface area contributed by atoms with Crippen LogP contribution in [0.3, 0.4) is 0 Å². The van der Waals surface area contributed by atoms with Crippen molar-refractivity contribution >= 4 is 28.9 Å². The first-order chi connectivity index (χ1) is 9.06. The topological polar surface area (TPSA) is 32.3 Å². The Balaban J connectivity index is 1.98. The zero-order valence-electron chi connectivity index (χ0n) is 9.91. The number of rotatable bonds is 4. The summed E-state index contributed by atoms with van der Waals surface area (Å²) in [5.74, 6) is -0.493. The highest BCUT2D eigenvalue weighted by Crippen LogP contribution is 2.20. The van der Waals surface area contributed by atoms with E-state index in [9.17, 15) is 9.50 Å². The van der Waals surface area contributed by atoms with E-state index < -0.39 is 11.9 Å². The van der Waals surface area contributed by atoms with E-state index in [0.29, 0.717) is 10.7 Å². The highest BCUT2D eigenvalue weighted by molar-refractivity contribution is 6.31. The van der Waals surface area contributed by atoms with Gasteiger partial charge in [0.2, 0.25) is 0 Å². The highest BCUT2D eigenvalue weighted by Gasteiger charge is 2.08. The van der Waals surface area contributed by atoms with Gasteiger partial charge < -0.3 is 10.4 Å². The van der Waals surface area contributed by atoms with Crippen molar-refractivity contribution in [2.45, 2.75) is 6.10 Å². The molecule has 0 aliphatic carbocycles. The van der Waals surface area contributed by atoms with Gasteiger partial charge in [-0.3, -0.25) is 0 Å². The fraction of sp³-hybridized carbons (Fsp3) is 0.143. The fourth-order valence-electron chi connectivity index (χ4n) is 1.62. The number of hydrogen-bond donors (Lipinski definition) is 2. The number of hydrogen-bond acceptors (Lipinski definition) is 2. The molecule has 100 valence electrons. The van der Waals surface area contributed by atoms with Crippen molar-refractivity contribution in [3.8, 4) is 0 Å². The predicted molar refractivity (Wildman–Crippen MR) is 76.3 cm³/mol. The molecule has 1 unspecified atom stereocenters. The van der Waals surface area contributed by atoms with Crippen LogP contribution >= 0.6 is 23.2 Å². The van der Waals surface area contributed by atoms with Crippen molar-refractivity contribution in [1.82, 2.24) is 0 Å². The molecule has 0 aliphatic rings. The van der Waals surface area contributed by atoms with E-state index in [1.807, 2.05) is 0 Å². The minimum atomic E-state index is -0.698. The third kappa shape index (κ3) is 3.83. The lowest BCUT2D eigenvalue weighted by Gasteiger charge is -2.13. The molecule has 1 atom stereocenters. The lowest BCUT2D eigenvalue weighted by atomic mass is 10.1. The number of halogens is 3. The van der Waals surface area contributed by atoms with Crippen LogP contribution in [-0.2, 0) is 0 Å². The van der Waals surface area contributed by atoms with Gasteiger partial charge in [0.15, 0.2) is 0 Å². The Kier molecular flexibility index (Phi) is 4.64. The highest BCUT2D eigenvalue weighted by atomic mass is 35.5. The predicted octanol–water partition coefficient (Wildman–Crippen LogP) is 4.28. The van der Waals surface area contributed by atoms with Crippen LogP contribution in [0, 0.1) is 5.82 Å². The molecule has 0 bridgehead atoms. The van der Waals surface area contributed by atoms with Gasteiger partial charge in [-0.25, -0.2) is 4.39 Å². The van der Waals surface area contributed by atoms with Crippen LogP contribution in [0.1, 0.15) is 11.7 Å². The third-order valence-corrected chi connectivity index (χ3v) is 3.23. The summed E-state index contributed by atoms with van der Waals surface area (Å²) >= 11 is 11.4. The van der Waals surface area contributed by atoms with E-state index in [4.69, 9.17) is 23.2 Å². The molecule has 0 fully saturated rings. The minimum absolute atomic E-state index is 0.0730. The molecule has 19 heavy (non-hydrogen) atoms. The largest absolute Gasteiger partial charge is 0.387 e. The summed E-state index contributed by atoms with van der Waals surface area (Å²) in [6.07, 6.45) is -0.698. The standard InChI is InChI=1S/C14H12Cl2FNO/c15-10-3-1-9(2-4-10)14(19)8-18-11-5-6-12(16)13(17)7-11/h1-7,14,18-19H,8H2. The summed E-state index contributed by atoms with van der Waals surface area (Å²) in [6, 6.07) is 11.3. The van der Waals surface area contributed by atoms with E-state index >= 15 is 0 Å². The second-order valence-electron chi connectivity index (χ2n) is 4.08. The van der Waals surface area contributed by atoms with Gasteiger partial charge in [0.25, 0.3) is 0 Å². The Morgan fingerprint density at radius 3 is 2.42 bits per heavy atom. The summed E-state index contributed by atoms with van der Waals surface area (Å²) in [5, 5.41) is 13.6. The number of nitrogens with one attached hydrogen (secondary N) is 1. The quantitative estimate of drug-likeness (QED) is 0.883. The average molecular weight is 300 g/mol. The third-order valence-electron chi connectivity index (χ3n) is 2.67. The van der Waals surface area contributed by atoms with Crippen molar-refractivity contribution < 1.29 is 9.50 Å². The molecular weight excluding hydrogens is 288 g/mol. The number of anilines is 1. The van der Waals surface area contributed by atoms with Gasteiger partial charge in [-0.1, -0.05) is 35.3 Å². The van der Waals surface area contributed by atoms with Gasteiger partial charge in [-0.2, -0.15) is 0 Å². The first kappa shape index (κ1) is 14.1. The molecule has 0 radical (unpaired) electrons. The van der Waals surface area contributed by atoms with Gasteiger partial charge in [0.1, 0.15) is 5.82 Å². The lowest BCUT2D eigenvalue weighted by molar-refractivity contribution is 0.191. The molecule has 0 saturated carbocycles. The molecule has 0 aromatic heterocycles. The van der Waals surface area contributed by atoms with Gasteiger partial charge in [0, 0.05) is 17.3 Å². The number of benzene rings is 2. The molecule has 2 aromatic rings. The summed E-state index contributed by atoms with van der Waals surface area (Å²) in [6.45, 7) is 0.267. The van der Waals surface area contributed by atoms with E-state index in [0.717, 1.165) is 5.56 Å².